The number of hydrogen-bond acceptors (Lipinski definition) is 4. The maximum atomic E-state index is 11.1. The molecule has 108 valence electrons. The normalized spacial score (nSPS) is 12.0. The van der Waals surface area contributed by atoms with E-state index in [0.29, 0.717) is 28.1 Å². The Morgan fingerprint density at radius 2 is 2.20 bits per heavy atom. The molecule has 2 heterocycles. The number of halogens is 1. The lowest BCUT2D eigenvalue weighted by atomic mass is 10.3. The van der Waals surface area contributed by atoms with Crippen LogP contribution in [0.5, 0.6) is 0 Å². The Hall–Kier alpha value is -1.05. The van der Waals surface area contributed by atoms with E-state index in [2.05, 4.69) is 45.5 Å². The van der Waals surface area contributed by atoms with Crippen LogP contribution in [0.1, 0.15) is 10.4 Å². The molecule has 2 aromatic rings. The van der Waals surface area contributed by atoms with E-state index in [1.54, 1.807) is 12.4 Å². The topological polar surface area (TPSA) is 57.0 Å². The molecule has 0 bridgehead atoms. The molecule has 0 spiro atoms. The van der Waals surface area contributed by atoms with Gasteiger partial charge in [-0.1, -0.05) is 19.6 Å². The first-order chi connectivity index (χ1) is 9.40. The zero-order chi connectivity index (χ0) is 14.8. The summed E-state index contributed by atoms with van der Waals surface area (Å²) in [6, 6.07) is 1.12. The van der Waals surface area contributed by atoms with Crippen molar-refractivity contribution in [3.8, 4) is 0 Å². The van der Waals surface area contributed by atoms with Crippen LogP contribution < -0.4 is 0 Å². The third-order valence-corrected chi connectivity index (χ3v) is 5.00. The number of aromatic nitrogens is 3. The Kier molecular flexibility index (Phi) is 4.72. The second kappa shape index (κ2) is 6.15. The van der Waals surface area contributed by atoms with Gasteiger partial charge in [0.1, 0.15) is 16.9 Å². The second-order valence-corrected chi connectivity index (χ2v) is 12.3. The molecule has 7 heteroatoms. The highest BCUT2D eigenvalue weighted by molar-refractivity contribution is 9.10. The molecule has 0 atom stereocenters. The van der Waals surface area contributed by atoms with E-state index >= 15 is 0 Å². The monoisotopic (exact) mass is 355 g/mol. The second-order valence-electron chi connectivity index (χ2n) is 5.89. The van der Waals surface area contributed by atoms with Gasteiger partial charge in [0, 0.05) is 20.9 Å². The van der Waals surface area contributed by atoms with Gasteiger partial charge in [-0.05, 0) is 22.0 Å². The Balaban J connectivity index is 2.12. The van der Waals surface area contributed by atoms with Crippen LogP contribution in [0.25, 0.3) is 11.2 Å². The quantitative estimate of drug-likeness (QED) is 0.453. The van der Waals surface area contributed by atoms with Gasteiger partial charge in [-0.3, -0.25) is 4.79 Å². The third-order valence-electron chi connectivity index (χ3n) is 2.92. The molecule has 2 rings (SSSR count). The van der Waals surface area contributed by atoms with Gasteiger partial charge in [-0.25, -0.2) is 9.97 Å². The van der Waals surface area contributed by atoms with Crippen molar-refractivity contribution in [3.63, 3.8) is 0 Å². The molecular weight excluding hydrogens is 338 g/mol. The molecule has 5 nitrogen and oxygen atoms in total. The fourth-order valence-corrected chi connectivity index (χ4v) is 2.82. The van der Waals surface area contributed by atoms with Crippen molar-refractivity contribution in [1.29, 1.82) is 0 Å². The van der Waals surface area contributed by atoms with E-state index in [9.17, 15) is 4.79 Å². The molecule has 0 fully saturated rings. The number of fused-ring (bicyclic) bond motifs is 1. The molecule has 0 radical (unpaired) electrons. The summed E-state index contributed by atoms with van der Waals surface area (Å²) in [4.78, 5) is 19.7. The van der Waals surface area contributed by atoms with Crippen LogP contribution in [0.4, 0.5) is 0 Å². The molecule has 0 amide bonds. The Morgan fingerprint density at radius 3 is 2.85 bits per heavy atom. The van der Waals surface area contributed by atoms with Crippen LogP contribution in [0.15, 0.2) is 17.0 Å². The van der Waals surface area contributed by atoms with Gasteiger partial charge in [0.25, 0.3) is 0 Å². The minimum absolute atomic E-state index is 0.394. The summed E-state index contributed by atoms with van der Waals surface area (Å²) < 4.78 is 8.13. The van der Waals surface area contributed by atoms with E-state index in [1.165, 1.54) is 0 Å². The van der Waals surface area contributed by atoms with Crippen LogP contribution in [-0.2, 0) is 11.5 Å². The Morgan fingerprint density at radius 1 is 1.45 bits per heavy atom. The number of aldehydes is 1. The van der Waals surface area contributed by atoms with Crippen molar-refractivity contribution < 1.29 is 9.53 Å². The summed E-state index contributed by atoms with van der Waals surface area (Å²) in [5.41, 5.74) is 1.80. The lowest BCUT2D eigenvalue weighted by Crippen LogP contribution is -2.22. The maximum absolute atomic E-state index is 11.1. The standard InChI is InChI=1S/C13H18BrN3O2Si/c1-20(2,3)5-4-19-9-17-7-10(8-18)12-13(17)15-6-11(14)16-12/h6-8H,4-5,9H2,1-3H3. The molecule has 0 N–H and O–H groups in total. The number of rotatable bonds is 6. The van der Waals surface area contributed by atoms with Gasteiger partial charge in [0.15, 0.2) is 11.9 Å². The molecule has 20 heavy (non-hydrogen) atoms. The number of ether oxygens (including phenoxy) is 1. The maximum Gasteiger partial charge on any atom is 0.161 e. The minimum atomic E-state index is -1.08. The lowest BCUT2D eigenvalue weighted by Gasteiger charge is -2.15. The van der Waals surface area contributed by atoms with Crippen LogP contribution in [0, 0.1) is 0 Å². The Labute approximate surface area is 127 Å². The molecule has 0 unspecified atom stereocenters. The largest absolute Gasteiger partial charge is 0.361 e. The summed E-state index contributed by atoms with van der Waals surface area (Å²) in [6.45, 7) is 8.07. The van der Waals surface area contributed by atoms with E-state index in [4.69, 9.17) is 4.74 Å². The number of carbonyl (C=O) groups excluding carboxylic acids is 1. The SMILES string of the molecule is C[Si](C)(C)CCOCn1cc(C=O)c2nc(Br)cnc21. The van der Waals surface area contributed by atoms with Gasteiger partial charge in [-0.2, -0.15) is 0 Å². The summed E-state index contributed by atoms with van der Waals surface area (Å²) in [7, 11) is -1.08. The highest BCUT2D eigenvalue weighted by Gasteiger charge is 2.14. The predicted octanol–water partition coefficient (Wildman–Crippen LogP) is 3.32. The summed E-state index contributed by atoms with van der Waals surface area (Å²) in [6.07, 6.45) is 4.15. The van der Waals surface area contributed by atoms with E-state index < -0.39 is 8.07 Å². The first-order valence-electron chi connectivity index (χ1n) is 6.45. The van der Waals surface area contributed by atoms with Gasteiger partial charge in [-0.15, -0.1) is 0 Å². The average molecular weight is 356 g/mol. The van der Waals surface area contributed by atoms with Crippen molar-refractivity contribution in [2.24, 2.45) is 0 Å². The van der Waals surface area contributed by atoms with Crippen LogP contribution in [0.2, 0.25) is 25.7 Å². The van der Waals surface area contributed by atoms with Crippen LogP contribution in [0.3, 0.4) is 0 Å². The highest BCUT2D eigenvalue weighted by atomic mass is 79.9. The van der Waals surface area contributed by atoms with Crippen molar-refractivity contribution in [2.45, 2.75) is 32.4 Å². The first kappa shape index (κ1) is 15.3. The number of carbonyl (C=O) groups is 1. The molecule has 0 aliphatic carbocycles. The molecule has 2 aromatic heterocycles. The zero-order valence-electron chi connectivity index (χ0n) is 11.9. The Bertz CT molecular complexity index is 622. The van der Waals surface area contributed by atoms with Crippen molar-refractivity contribution in [2.75, 3.05) is 6.61 Å². The van der Waals surface area contributed by atoms with E-state index in [-0.39, 0.29) is 0 Å². The van der Waals surface area contributed by atoms with Crippen molar-refractivity contribution >= 4 is 41.5 Å². The van der Waals surface area contributed by atoms with Gasteiger partial charge in [0.05, 0.1) is 11.8 Å². The fourth-order valence-electron chi connectivity index (χ4n) is 1.78. The predicted molar refractivity (Wildman–Crippen MR) is 84.7 cm³/mol. The molecule has 0 saturated carbocycles. The molecule has 0 aliphatic heterocycles. The molecular formula is C13H18BrN3O2Si. The van der Waals surface area contributed by atoms with Gasteiger partial charge < -0.3 is 9.30 Å². The summed E-state index contributed by atoms with van der Waals surface area (Å²) in [5, 5.41) is 0. The first-order valence-corrected chi connectivity index (χ1v) is 10.9. The zero-order valence-corrected chi connectivity index (χ0v) is 14.5. The lowest BCUT2D eigenvalue weighted by molar-refractivity contribution is 0.0897. The minimum Gasteiger partial charge on any atom is -0.361 e. The number of nitrogens with zero attached hydrogens (tertiary/aromatic N) is 3. The highest BCUT2D eigenvalue weighted by Crippen LogP contribution is 2.18. The van der Waals surface area contributed by atoms with Gasteiger partial charge in [0.2, 0.25) is 0 Å². The third kappa shape index (κ3) is 3.74. The molecule has 0 aromatic carbocycles. The molecule has 0 aliphatic rings. The van der Waals surface area contributed by atoms with Crippen LogP contribution in [-0.4, -0.2) is 35.5 Å². The average Bonchev–Trinajstić information content (AvgIpc) is 2.71. The fraction of sp³-hybridized carbons (Fsp3) is 0.462. The van der Waals surface area contributed by atoms with Crippen LogP contribution >= 0.6 is 15.9 Å². The van der Waals surface area contributed by atoms with E-state index in [1.807, 2.05) is 4.57 Å². The van der Waals surface area contributed by atoms with Crippen molar-refractivity contribution in [1.82, 2.24) is 14.5 Å². The van der Waals surface area contributed by atoms with E-state index in [0.717, 1.165) is 18.9 Å². The van der Waals surface area contributed by atoms with Gasteiger partial charge >= 0.3 is 0 Å². The number of hydrogen-bond donors (Lipinski definition) is 0. The summed E-state index contributed by atoms with van der Waals surface area (Å²) >= 11 is 3.27. The summed E-state index contributed by atoms with van der Waals surface area (Å²) in [5.74, 6) is 0. The molecule has 0 saturated heterocycles. The smallest absolute Gasteiger partial charge is 0.161 e. The van der Waals surface area contributed by atoms with Crippen molar-refractivity contribution in [3.05, 3.63) is 22.6 Å².